The van der Waals surface area contributed by atoms with Crippen LogP contribution in [0.5, 0.6) is 5.75 Å². The third-order valence-electron chi connectivity index (χ3n) is 2.20. The molecule has 0 aliphatic heterocycles. The highest BCUT2D eigenvalue weighted by Crippen LogP contribution is 2.36. The van der Waals surface area contributed by atoms with Crippen LogP contribution >= 0.6 is 35.6 Å². The highest BCUT2D eigenvalue weighted by atomic mass is 35.5. The van der Waals surface area contributed by atoms with Gasteiger partial charge in [-0.3, -0.25) is 0 Å². The van der Waals surface area contributed by atoms with E-state index in [0.29, 0.717) is 0 Å². The molecule has 104 valence electrons. The van der Waals surface area contributed by atoms with Gasteiger partial charge in [-0.25, -0.2) is 0 Å². The number of phenolic OH excluding ortho intramolecular Hbond substituents is 1. The lowest BCUT2D eigenvalue weighted by Crippen LogP contribution is -2.16. The van der Waals surface area contributed by atoms with Crippen LogP contribution in [0.1, 0.15) is 24.4 Å². The van der Waals surface area contributed by atoms with Crippen molar-refractivity contribution in [1.29, 1.82) is 0 Å². The first-order valence-corrected chi connectivity index (χ1v) is 5.46. The zero-order valence-electron chi connectivity index (χ0n) is 8.97. The van der Waals surface area contributed by atoms with Gasteiger partial charge < -0.3 is 10.8 Å². The van der Waals surface area contributed by atoms with Gasteiger partial charge in [0.25, 0.3) is 0 Å². The summed E-state index contributed by atoms with van der Waals surface area (Å²) in [5.74, 6) is -0.328. The first kappa shape index (κ1) is 17.6. The van der Waals surface area contributed by atoms with Crippen molar-refractivity contribution in [2.45, 2.75) is 25.1 Å². The zero-order valence-corrected chi connectivity index (χ0v) is 11.3. The van der Waals surface area contributed by atoms with Crippen molar-refractivity contribution < 1.29 is 18.3 Å². The van der Waals surface area contributed by atoms with E-state index in [1.165, 1.54) is 12.1 Å². The van der Waals surface area contributed by atoms with Crippen LogP contribution in [0.15, 0.2) is 12.1 Å². The second kappa shape index (κ2) is 6.70. The monoisotopic (exact) mass is 323 g/mol. The lowest BCUT2D eigenvalue weighted by molar-refractivity contribution is -0.136. The molecule has 2 nitrogen and oxygen atoms in total. The third-order valence-corrected chi connectivity index (χ3v) is 2.70. The minimum Gasteiger partial charge on any atom is -0.506 e. The van der Waals surface area contributed by atoms with E-state index in [1.807, 2.05) is 0 Å². The topological polar surface area (TPSA) is 46.2 Å². The van der Waals surface area contributed by atoms with Crippen molar-refractivity contribution >= 4 is 35.6 Å². The molecule has 1 aromatic rings. The first-order valence-electron chi connectivity index (χ1n) is 4.71. The van der Waals surface area contributed by atoms with Crippen molar-refractivity contribution in [3.63, 3.8) is 0 Å². The van der Waals surface area contributed by atoms with E-state index >= 15 is 0 Å². The van der Waals surface area contributed by atoms with Crippen molar-refractivity contribution in [1.82, 2.24) is 0 Å². The molecule has 8 heteroatoms. The second-order valence-electron chi connectivity index (χ2n) is 3.59. The Hall–Kier alpha value is -0.360. The van der Waals surface area contributed by atoms with Crippen molar-refractivity contribution in [3.8, 4) is 5.75 Å². The number of alkyl halides is 3. The lowest BCUT2D eigenvalue weighted by atomic mass is 10.0. The molecule has 1 rings (SSSR count). The summed E-state index contributed by atoms with van der Waals surface area (Å²) in [4.78, 5) is 0. The molecule has 1 aromatic carbocycles. The molecule has 0 bridgehead atoms. The molecule has 0 aliphatic carbocycles. The molecule has 0 heterocycles. The number of benzene rings is 1. The van der Waals surface area contributed by atoms with Gasteiger partial charge in [0, 0.05) is 23.0 Å². The van der Waals surface area contributed by atoms with Crippen molar-refractivity contribution in [2.75, 3.05) is 0 Å². The largest absolute Gasteiger partial charge is 0.506 e. The minimum atomic E-state index is -4.28. The molecule has 18 heavy (non-hydrogen) atoms. The Labute approximate surface area is 118 Å². The number of hydrogen-bond donors (Lipinski definition) is 2. The molecule has 0 saturated heterocycles. The van der Waals surface area contributed by atoms with Gasteiger partial charge in [-0.05, 0) is 18.6 Å². The summed E-state index contributed by atoms with van der Waals surface area (Å²) in [6, 6.07) is 1.63. The van der Waals surface area contributed by atoms with Crippen LogP contribution in [0, 0.1) is 0 Å². The van der Waals surface area contributed by atoms with Crippen LogP contribution in [0.25, 0.3) is 0 Å². The predicted octanol–water partition coefficient (Wildman–Crippen LogP) is 4.46. The standard InChI is InChI=1S/C10H10Cl2F3NO.ClH/c11-5-3-6(9(17)7(12)4-5)8(16)1-2-10(13,14)15;/h3-4,8,17H,1-2,16H2;1H/t8-;/m0./s1. The van der Waals surface area contributed by atoms with Gasteiger partial charge in [0.05, 0.1) is 5.02 Å². The molecule has 1 atom stereocenters. The van der Waals surface area contributed by atoms with E-state index in [-0.39, 0.29) is 40.2 Å². The Kier molecular flexibility index (Phi) is 6.57. The van der Waals surface area contributed by atoms with E-state index in [0.717, 1.165) is 0 Å². The average Bonchev–Trinajstić information content (AvgIpc) is 2.19. The fraction of sp³-hybridized carbons (Fsp3) is 0.400. The van der Waals surface area contributed by atoms with Crippen molar-refractivity contribution in [2.24, 2.45) is 5.73 Å². The predicted molar refractivity (Wildman–Crippen MR) is 67.6 cm³/mol. The first-order chi connectivity index (χ1) is 7.70. The highest BCUT2D eigenvalue weighted by Gasteiger charge is 2.28. The number of hydrogen-bond acceptors (Lipinski definition) is 2. The summed E-state index contributed by atoms with van der Waals surface area (Å²) in [6.07, 6.45) is -5.65. The maximum Gasteiger partial charge on any atom is 0.389 e. The summed E-state index contributed by atoms with van der Waals surface area (Å²) in [7, 11) is 0. The van der Waals surface area contributed by atoms with Gasteiger partial charge >= 0.3 is 6.18 Å². The minimum absolute atomic E-state index is 0. The van der Waals surface area contributed by atoms with Crippen molar-refractivity contribution in [3.05, 3.63) is 27.7 Å². The summed E-state index contributed by atoms with van der Waals surface area (Å²) in [6.45, 7) is 0. The molecule has 0 fully saturated rings. The quantitative estimate of drug-likeness (QED) is 0.862. The van der Waals surface area contributed by atoms with Crippen LogP contribution in [0.2, 0.25) is 10.0 Å². The van der Waals surface area contributed by atoms with Gasteiger partial charge in [0.1, 0.15) is 5.75 Å². The highest BCUT2D eigenvalue weighted by molar-refractivity contribution is 6.35. The number of nitrogens with two attached hydrogens (primary N) is 1. The summed E-state index contributed by atoms with van der Waals surface area (Å²) in [5.41, 5.74) is 5.68. The van der Waals surface area contributed by atoms with Gasteiger partial charge in [-0.15, -0.1) is 12.4 Å². The van der Waals surface area contributed by atoms with Gasteiger partial charge in [-0.1, -0.05) is 23.2 Å². The Bertz CT molecular complexity index is 412. The van der Waals surface area contributed by atoms with E-state index in [2.05, 4.69) is 0 Å². The van der Waals surface area contributed by atoms with E-state index in [4.69, 9.17) is 28.9 Å². The number of phenols is 1. The third kappa shape index (κ3) is 5.10. The molecule has 0 amide bonds. The molecule has 3 N–H and O–H groups in total. The maximum atomic E-state index is 12.0. The summed E-state index contributed by atoms with van der Waals surface area (Å²) >= 11 is 11.3. The van der Waals surface area contributed by atoms with Crippen LogP contribution in [0.4, 0.5) is 13.2 Å². The van der Waals surface area contributed by atoms with Crippen LogP contribution in [-0.2, 0) is 0 Å². The number of rotatable bonds is 3. The number of aromatic hydroxyl groups is 1. The average molecular weight is 325 g/mol. The number of halogens is 6. The Morgan fingerprint density at radius 3 is 2.33 bits per heavy atom. The molecular formula is C10H11Cl3F3NO. The van der Waals surface area contributed by atoms with Crippen LogP contribution < -0.4 is 5.73 Å². The van der Waals surface area contributed by atoms with Crippen LogP contribution in [-0.4, -0.2) is 11.3 Å². The van der Waals surface area contributed by atoms with Gasteiger partial charge in [-0.2, -0.15) is 13.2 Å². The summed E-state index contributed by atoms with van der Waals surface area (Å²) in [5, 5.41) is 9.75. The Morgan fingerprint density at radius 2 is 1.83 bits per heavy atom. The van der Waals surface area contributed by atoms with E-state index in [1.54, 1.807) is 0 Å². The lowest BCUT2D eigenvalue weighted by Gasteiger charge is -2.16. The fourth-order valence-corrected chi connectivity index (χ4v) is 1.85. The van der Waals surface area contributed by atoms with E-state index in [9.17, 15) is 18.3 Å². The molecule has 0 saturated carbocycles. The molecule has 0 spiro atoms. The van der Waals surface area contributed by atoms with Crippen LogP contribution in [0.3, 0.4) is 0 Å². The normalized spacial score (nSPS) is 13.0. The Balaban J connectivity index is 0.00000289. The van der Waals surface area contributed by atoms with Gasteiger partial charge in [0.15, 0.2) is 0 Å². The van der Waals surface area contributed by atoms with E-state index < -0.39 is 18.6 Å². The molecular weight excluding hydrogens is 313 g/mol. The zero-order chi connectivity index (χ0) is 13.2. The summed E-state index contributed by atoms with van der Waals surface area (Å²) < 4.78 is 36.1. The molecule has 0 radical (unpaired) electrons. The van der Waals surface area contributed by atoms with Gasteiger partial charge in [0.2, 0.25) is 0 Å². The fourth-order valence-electron chi connectivity index (χ4n) is 1.34. The Morgan fingerprint density at radius 1 is 1.28 bits per heavy atom. The molecule has 0 aliphatic rings. The smallest absolute Gasteiger partial charge is 0.389 e. The molecule has 0 unspecified atom stereocenters. The SMILES string of the molecule is Cl.N[C@@H](CCC(F)(F)F)c1cc(Cl)cc(Cl)c1O. The molecule has 0 aromatic heterocycles. The maximum absolute atomic E-state index is 12.0. The second-order valence-corrected chi connectivity index (χ2v) is 4.43.